The number of ketones is 1. The van der Waals surface area contributed by atoms with Gasteiger partial charge in [-0.15, -0.1) is 22.7 Å². The Morgan fingerprint density at radius 1 is 1.19 bits per heavy atom. The van der Waals surface area contributed by atoms with Crippen molar-refractivity contribution in [2.24, 2.45) is 0 Å². The Morgan fingerprint density at radius 3 is 2.31 bits per heavy atom. The van der Waals surface area contributed by atoms with Crippen molar-refractivity contribution in [2.45, 2.75) is 20.0 Å². The molecule has 2 nitrogen and oxygen atoms in total. The van der Waals surface area contributed by atoms with Gasteiger partial charge in [0.25, 0.3) is 0 Å². The van der Waals surface area contributed by atoms with Gasteiger partial charge < -0.3 is 5.11 Å². The third-order valence-corrected chi connectivity index (χ3v) is 4.59. The van der Waals surface area contributed by atoms with Gasteiger partial charge in [0.05, 0.1) is 4.88 Å². The highest BCUT2D eigenvalue weighted by Gasteiger charge is 2.23. The first-order chi connectivity index (χ1) is 7.61. The van der Waals surface area contributed by atoms with Crippen molar-refractivity contribution in [3.63, 3.8) is 0 Å². The fraction of sp³-hybridized carbons (Fsp3) is 0.250. The third-order valence-electron chi connectivity index (χ3n) is 2.48. The van der Waals surface area contributed by atoms with Crippen LogP contribution in [0.2, 0.25) is 0 Å². The first-order valence-electron chi connectivity index (χ1n) is 4.91. The van der Waals surface area contributed by atoms with E-state index < -0.39 is 6.10 Å². The maximum absolute atomic E-state index is 12.0. The van der Waals surface area contributed by atoms with Crippen LogP contribution in [0.5, 0.6) is 0 Å². The summed E-state index contributed by atoms with van der Waals surface area (Å²) in [5, 5.41) is 13.8. The number of aryl methyl sites for hydroxylation is 2. The van der Waals surface area contributed by atoms with Gasteiger partial charge in [-0.2, -0.15) is 0 Å². The monoisotopic (exact) mass is 252 g/mol. The molecule has 0 aliphatic heterocycles. The lowest BCUT2D eigenvalue weighted by atomic mass is 10.1. The molecular weight excluding hydrogens is 240 g/mol. The van der Waals surface area contributed by atoms with Crippen LogP contribution in [0.4, 0.5) is 0 Å². The van der Waals surface area contributed by atoms with E-state index in [0.29, 0.717) is 4.88 Å². The van der Waals surface area contributed by atoms with E-state index in [1.165, 1.54) is 22.7 Å². The minimum absolute atomic E-state index is 0.196. The summed E-state index contributed by atoms with van der Waals surface area (Å²) in [7, 11) is 0. The summed E-state index contributed by atoms with van der Waals surface area (Å²) in [4.78, 5) is 13.4. The number of rotatable bonds is 3. The molecule has 84 valence electrons. The van der Waals surface area contributed by atoms with Gasteiger partial charge in [-0.05, 0) is 47.9 Å². The molecule has 0 fully saturated rings. The van der Waals surface area contributed by atoms with E-state index in [1.54, 1.807) is 0 Å². The summed E-state index contributed by atoms with van der Waals surface area (Å²) in [5.74, 6) is -0.196. The first-order valence-corrected chi connectivity index (χ1v) is 6.67. The Morgan fingerprint density at radius 2 is 1.81 bits per heavy atom. The normalized spacial score (nSPS) is 12.7. The average Bonchev–Trinajstić information content (AvgIpc) is 2.85. The summed E-state index contributed by atoms with van der Waals surface area (Å²) in [6, 6.07) is 3.81. The smallest absolute Gasteiger partial charge is 0.206 e. The molecule has 0 aliphatic carbocycles. The van der Waals surface area contributed by atoms with E-state index in [2.05, 4.69) is 0 Å². The largest absolute Gasteiger partial charge is 0.379 e. The van der Waals surface area contributed by atoms with E-state index in [1.807, 2.05) is 36.7 Å². The summed E-state index contributed by atoms with van der Waals surface area (Å²) in [6.45, 7) is 3.79. The molecule has 0 spiro atoms. The maximum Gasteiger partial charge on any atom is 0.206 e. The second-order valence-electron chi connectivity index (χ2n) is 3.67. The number of aliphatic hydroxyl groups is 1. The number of thiophene rings is 2. The van der Waals surface area contributed by atoms with E-state index in [-0.39, 0.29) is 5.78 Å². The molecule has 1 N–H and O–H groups in total. The highest BCUT2D eigenvalue weighted by atomic mass is 32.1. The molecule has 16 heavy (non-hydrogen) atoms. The zero-order valence-electron chi connectivity index (χ0n) is 9.06. The topological polar surface area (TPSA) is 37.3 Å². The summed E-state index contributed by atoms with van der Waals surface area (Å²) in [5.41, 5.74) is 1.91. The van der Waals surface area contributed by atoms with Gasteiger partial charge in [-0.1, -0.05) is 0 Å². The number of hydrogen-bond donors (Lipinski definition) is 1. The molecule has 2 aromatic heterocycles. The van der Waals surface area contributed by atoms with Crippen molar-refractivity contribution in [2.75, 3.05) is 0 Å². The highest BCUT2D eigenvalue weighted by molar-refractivity contribution is 7.12. The van der Waals surface area contributed by atoms with Crippen LogP contribution in [0.15, 0.2) is 22.9 Å². The second-order valence-corrected chi connectivity index (χ2v) is 5.53. The predicted molar refractivity (Wildman–Crippen MR) is 67.4 cm³/mol. The Kier molecular flexibility index (Phi) is 3.23. The van der Waals surface area contributed by atoms with Crippen molar-refractivity contribution in [1.29, 1.82) is 0 Å². The second kappa shape index (κ2) is 4.49. The Balaban J connectivity index is 2.30. The molecule has 0 saturated heterocycles. The minimum atomic E-state index is -1.02. The van der Waals surface area contributed by atoms with Crippen LogP contribution in [-0.2, 0) is 0 Å². The fourth-order valence-electron chi connectivity index (χ4n) is 1.53. The van der Waals surface area contributed by atoms with Crippen molar-refractivity contribution in [3.8, 4) is 0 Å². The van der Waals surface area contributed by atoms with E-state index in [9.17, 15) is 9.90 Å². The van der Waals surface area contributed by atoms with Crippen LogP contribution in [0.3, 0.4) is 0 Å². The number of Topliss-reactive ketones (excluding diaryl/α,β-unsaturated/α-hetero) is 1. The Labute approximate surface area is 102 Å². The Bertz CT molecular complexity index is 511. The van der Waals surface area contributed by atoms with Crippen molar-refractivity contribution < 1.29 is 9.90 Å². The van der Waals surface area contributed by atoms with Crippen molar-refractivity contribution in [1.82, 2.24) is 0 Å². The molecule has 4 heteroatoms. The van der Waals surface area contributed by atoms with Crippen LogP contribution in [0, 0.1) is 13.8 Å². The van der Waals surface area contributed by atoms with E-state index in [4.69, 9.17) is 0 Å². The SMILES string of the molecule is Cc1ccsc1C(=O)C(O)c1sccc1C. The average molecular weight is 252 g/mol. The number of carbonyl (C=O) groups is 1. The van der Waals surface area contributed by atoms with Gasteiger partial charge in [0, 0.05) is 4.88 Å². The molecule has 0 saturated carbocycles. The summed E-state index contributed by atoms with van der Waals surface area (Å²) < 4.78 is 0. The highest BCUT2D eigenvalue weighted by Crippen LogP contribution is 2.29. The van der Waals surface area contributed by atoms with Crippen LogP contribution in [0.1, 0.15) is 31.8 Å². The molecule has 0 bridgehead atoms. The zero-order valence-corrected chi connectivity index (χ0v) is 10.7. The van der Waals surface area contributed by atoms with Crippen molar-refractivity contribution >= 4 is 28.5 Å². The number of carbonyl (C=O) groups excluding carboxylic acids is 1. The molecule has 2 rings (SSSR count). The molecule has 0 radical (unpaired) electrons. The molecule has 1 unspecified atom stereocenters. The lowest BCUT2D eigenvalue weighted by Crippen LogP contribution is -2.11. The van der Waals surface area contributed by atoms with Gasteiger partial charge in [0.15, 0.2) is 6.10 Å². The van der Waals surface area contributed by atoms with E-state index in [0.717, 1.165) is 16.0 Å². The predicted octanol–water partition coefficient (Wildman–Crippen LogP) is 3.34. The third kappa shape index (κ3) is 1.96. The molecule has 0 amide bonds. The fourth-order valence-corrected chi connectivity index (χ4v) is 3.33. The van der Waals surface area contributed by atoms with Gasteiger partial charge in [0.2, 0.25) is 5.78 Å². The summed E-state index contributed by atoms with van der Waals surface area (Å²) >= 11 is 2.81. The lowest BCUT2D eigenvalue weighted by molar-refractivity contribution is 0.0756. The number of hydrogen-bond acceptors (Lipinski definition) is 4. The first kappa shape index (κ1) is 11.5. The Hall–Kier alpha value is -0.970. The molecule has 0 aromatic carbocycles. The quantitative estimate of drug-likeness (QED) is 0.851. The van der Waals surface area contributed by atoms with Crippen LogP contribution < -0.4 is 0 Å². The standard InChI is InChI=1S/C12H12O2S2/c1-7-3-5-15-11(7)9(13)10(14)12-8(2)4-6-16-12/h3-6,9,13H,1-2H3. The molecule has 2 aromatic rings. The zero-order chi connectivity index (χ0) is 11.7. The number of aliphatic hydroxyl groups excluding tert-OH is 1. The molecule has 2 heterocycles. The minimum Gasteiger partial charge on any atom is -0.379 e. The van der Waals surface area contributed by atoms with Crippen LogP contribution >= 0.6 is 22.7 Å². The van der Waals surface area contributed by atoms with Gasteiger partial charge >= 0.3 is 0 Å². The van der Waals surface area contributed by atoms with Crippen molar-refractivity contribution in [3.05, 3.63) is 43.8 Å². The van der Waals surface area contributed by atoms with Crippen LogP contribution in [0.25, 0.3) is 0 Å². The van der Waals surface area contributed by atoms with E-state index >= 15 is 0 Å². The maximum atomic E-state index is 12.0. The molecule has 0 aliphatic rings. The summed E-state index contributed by atoms with van der Waals surface area (Å²) in [6.07, 6.45) is -1.02. The lowest BCUT2D eigenvalue weighted by Gasteiger charge is -2.08. The van der Waals surface area contributed by atoms with Crippen LogP contribution in [-0.4, -0.2) is 10.9 Å². The van der Waals surface area contributed by atoms with Gasteiger partial charge in [0.1, 0.15) is 0 Å². The molecular formula is C12H12O2S2. The molecule has 1 atom stereocenters. The van der Waals surface area contributed by atoms with Gasteiger partial charge in [-0.3, -0.25) is 4.79 Å². The van der Waals surface area contributed by atoms with Gasteiger partial charge in [-0.25, -0.2) is 0 Å².